The molecule has 1 saturated heterocycles. The number of carbonyl (C=O) groups excluding carboxylic acids is 1. The van der Waals surface area contributed by atoms with Crippen LogP contribution in [0.3, 0.4) is 0 Å². The van der Waals surface area contributed by atoms with E-state index < -0.39 is 23.4 Å². The number of rotatable bonds is 4. The molecule has 28 heavy (non-hydrogen) atoms. The van der Waals surface area contributed by atoms with E-state index in [0.717, 1.165) is 30.3 Å². The predicted octanol–water partition coefficient (Wildman–Crippen LogP) is 4.81. The van der Waals surface area contributed by atoms with E-state index in [4.69, 9.17) is 4.74 Å². The van der Waals surface area contributed by atoms with Gasteiger partial charge in [0.2, 0.25) is 0 Å². The highest BCUT2D eigenvalue weighted by Crippen LogP contribution is 2.29. The number of nitrogens with zero attached hydrogens (tertiary/aromatic N) is 1. The number of carbonyl (C=O) groups is 1. The summed E-state index contributed by atoms with van der Waals surface area (Å²) in [5, 5.41) is 0. The summed E-state index contributed by atoms with van der Waals surface area (Å²) in [6, 6.07) is 7.20. The number of ether oxygens (including phenoxy) is 1. The Kier molecular flexibility index (Phi) is 5.98. The second kappa shape index (κ2) is 8.26. The molecule has 0 N–H and O–H groups in total. The van der Waals surface area contributed by atoms with Crippen LogP contribution in [0.2, 0.25) is 0 Å². The van der Waals surface area contributed by atoms with Crippen molar-refractivity contribution in [2.24, 2.45) is 0 Å². The molecule has 1 atom stereocenters. The Morgan fingerprint density at radius 3 is 2.32 bits per heavy atom. The van der Waals surface area contributed by atoms with Crippen LogP contribution in [0.25, 0.3) is 0 Å². The lowest BCUT2D eigenvalue weighted by Crippen LogP contribution is -2.43. The van der Waals surface area contributed by atoms with Gasteiger partial charge in [-0.15, -0.1) is 0 Å². The third kappa shape index (κ3) is 5.07. The zero-order chi connectivity index (χ0) is 20.3. The van der Waals surface area contributed by atoms with Gasteiger partial charge in [0.1, 0.15) is 11.6 Å². The first-order chi connectivity index (χ1) is 13.2. The van der Waals surface area contributed by atoms with Crippen molar-refractivity contribution in [3.63, 3.8) is 0 Å². The van der Waals surface area contributed by atoms with Gasteiger partial charge < -0.3 is 9.64 Å². The Morgan fingerprint density at radius 1 is 1.07 bits per heavy atom. The first-order valence-corrected chi connectivity index (χ1v) is 8.75. The number of alkyl halides is 3. The fourth-order valence-electron chi connectivity index (χ4n) is 3.15. The molecule has 1 aliphatic heterocycles. The van der Waals surface area contributed by atoms with Crippen LogP contribution in [0.15, 0.2) is 42.5 Å². The van der Waals surface area contributed by atoms with Gasteiger partial charge in [-0.25, -0.2) is 8.78 Å². The Hall–Kier alpha value is -2.48. The number of halogens is 5. The Balaban J connectivity index is 1.60. The van der Waals surface area contributed by atoms with Crippen molar-refractivity contribution in [3.8, 4) is 0 Å². The molecule has 2 aromatic carbocycles. The first-order valence-electron chi connectivity index (χ1n) is 8.75. The maximum atomic E-state index is 13.2. The average Bonchev–Trinajstić information content (AvgIpc) is 2.65. The zero-order valence-electron chi connectivity index (χ0n) is 14.8. The van der Waals surface area contributed by atoms with Gasteiger partial charge in [0.25, 0.3) is 5.91 Å². The number of piperidine rings is 1. The van der Waals surface area contributed by atoms with Gasteiger partial charge in [-0.2, -0.15) is 13.2 Å². The fraction of sp³-hybridized carbons (Fsp3) is 0.350. The molecular formula is C20H18F5NO2. The van der Waals surface area contributed by atoms with Crippen molar-refractivity contribution in [3.05, 3.63) is 70.8 Å². The van der Waals surface area contributed by atoms with Crippen molar-refractivity contribution in [1.82, 2.24) is 4.90 Å². The van der Waals surface area contributed by atoms with Gasteiger partial charge >= 0.3 is 6.18 Å². The van der Waals surface area contributed by atoms with E-state index in [-0.39, 0.29) is 30.7 Å². The minimum absolute atomic E-state index is 0.00164. The molecule has 0 saturated carbocycles. The topological polar surface area (TPSA) is 29.5 Å². The summed E-state index contributed by atoms with van der Waals surface area (Å²) in [6.07, 6.45) is -3.44. The minimum atomic E-state index is -4.46. The molecule has 1 aliphatic rings. The first kappa shape index (κ1) is 20.3. The van der Waals surface area contributed by atoms with Crippen molar-refractivity contribution in [1.29, 1.82) is 0 Å². The molecule has 8 heteroatoms. The molecular weight excluding hydrogens is 381 g/mol. The molecule has 0 unspecified atom stereocenters. The number of likely N-dealkylation sites (tertiary alicyclic amines) is 1. The molecule has 0 spiro atoms. The quantitative estimate of drug-likeness (QED) is 0.691. The predicted molar refractivity (Wildman–Crippen MR) is 91.5 cm³/mol. The second-order valence-electron chi connectivity index (χ2n) is 6.68. The van der Waals surface area contributed by atoms with Crippen LogP contribution < -0.4 is 0 Å². The molecule has 3 nitrogen and oxygen atoms in total. The third-order valence-corrected chi connectivity index (χ3v) is 4.53. The van der Waals surface area contributed by atoms with Crippen molar-refractivity contribution in [2.75, 3.05) is 13.1 Å². The molecule has 0 aromatic heterocycles. The van der Waals surface area contributed by atoms with E-state index in [1.165, 1.54) is 17.0 Å². The van der Waals surface area contributed by atoms with E-state index in [9.17, 15) is 26.7 Å². The molecule has 1 amide bonds. The summed E-state index contributed by atoms with van der Waals surface area (Å²) < 4.78 is 70.1. The second-order valence-corrected chi connectivity index (χ2v) is 6.68. The van der Waals surface area contributed by atoms with E-state index in [1.807, 2.05) is 0 Å². The lowest BCUT2D eigenvalue weighted by molar-refractivity contribution is -0.137. The van der Waals surface area contributed by atoms with Gasteiger partial charge in [0, 0.05) is 24.7 Å². The molecule has 1 heterocycles. The fourth-order valence-corrected chi connectivity index (χ4v) is 3.15. The van der Waals surface area contributed by atoms with E-state index >= 15 is 0 Å². The smallest absolute Gasteiger partial charge is 0.372 e. The Morgan fingerprint density at radius 2 is 1.71 bits per heavy atom. The largest absolute Gasteiger partial charge is 0.416 e. The van der Waals surface area contributed by atoms with Crippen LogP contribution in [0.1, 0.15) is 34.3 Å². The van der Waals surface area contributed by atoms with Crippen LogP contribution in [-0.2, 0) is 17.5 Å². The van der Waals surface area contributed by atoms with E-state index in [2.05, 4.69) is 0 Å². The Labute approximate surface area is 158 Å². The monoisotopic (exact) mass is 399 g/mol. The zero-order valence-corrected chi connectivity index (χ0v) is 14.8. The maximum absolute atomic E-state index is 13.2. The minimum Gasteiger partial charge on any atom is -0.372 e. The molecule has 0 radical (unpaired) electrons. The van der Waals surface area contributed by atoms with Gasteiger partial charge in [-0.3, -0.25) is 4.79 Å². The summed E-state index contributed by atoms with van der Waals surface area (Å²) in [5.74, 6) is -1.76. The Bertz CT molecular complexity index is 815. The summed E-state index contributed by atoms with van der Waals surface area (Å²) >= 11 is 0. The SMILES string of the molecule is O=C(c1ccc(C(F)(F)F)cc1)N1CCC[C@@H](OCc2cc(F)cc(F)c2)C1. The van der Waals surface area contributed by atoms with Crippen molar-refractivity contribution in [2.45, 2.75) is 31.7 Å². The highest BCUT2D eigenvalue weighted by atomic mass is 19.4. The molecule has 1 fully saturated rings. The van der Waals surface area contributed by atoms with Gasteiger partial charge in [0.05, 0.1) is 18.3 Å². The highest BCUT2D eigenvalue weighted by molar-refractivity contribution is 5.94. The third-order valence-electron chi connectivity index (χ3n) is 4.53. The van der Waals surface area contributed by atoms with Crippen LogP contribution >= 0.6 is 0 Å². The standard InChI is InChI=1S/C20H18F5NO2/c21-16-8-13(9-17(22)10-16)12-28-18-2-1-7-26(11-18)19(27)14-3-5-15(6-4-14)20(23,24)25/h3-6,8-10,18H,1-2,7,11-12H2/t18-/m1/s1. The molecule has 2 aromatic rings. The van der Waals surface area contributed by atoms with Crippen LogP contribution in [0.5, 0.6) is 0 Å². The highest BCUT2D eigenvalue weighted by Gasteiger charge is 2.31. The molecule has 0 aliphatic carbocycles. The van der Waals surface area contributed by atoms with Crippen LogP contribution in [0, 0.1) is 11.6 Å². The van der Waals surface area contributed by atoms with Gasteiger partial charge in [0.15, 0.2) is 0 Å². The molecule has 150 valence electrons. The lowest BCUT2D eigenvalue weighted by Gasteiger charge is -2.32. The number of benzene rings is 2. The van der Waals surface area contributed by atoms with Crippen LogP contribution in [-0.4, -0.2) is 30.0 Å². The summed E-state index contributed by atoms with van der Waals surface area (Å²) in [4.78, 5) is 14.1. The van der Waals surface area contributed by atoms with Gasteiger partial charge in [-0.1, -0.05) is 0 Å². The van der Waals surface area contributed by atoms with Crippen LogP contribution in [0.4, 0.5) is 22.0 Å². The maximum Gasteiger partial charge on any atom is 0.416 e. The van der Waals surface area contributed by atoms with E-state index in [0.29, 0.717) is 24.9 Å². The lowest BCUT2D eigenvalue weighted by atomic mass is 10.1. The summed E-state index contributed by atoms with van der Waals surface area (Å²) in [5.41, 5.74) is -0.296. The van der Waals surface area contributed by atoms with Gasteiger partial charge in [-0.05, 0) is 54.8 Å². The number of amides is 1. The van der Waals surface area contributed by atoms with Crippen molar-refractivity contribution >= 4 is 5.91 Å². The van der Waals surface area contributed by atoms with Crippen molar-refractivity contribution < 1.29 is 31.5 Å². The summed E-state index contributed by atoms with van der Waals surface area (Å²) in [6.45, 7) is 0.730. The average molecular weight is 399 g/mol. The number of hydrogen-bond acceptors (Lipinski definition) is 2. The van der Waals surface area contributed by atoms with E-state index in [1.54, 1.807) is 0 Å². The molecule has 3 rings (SSSR count). The molecule has 0 bridgehead atoms. The summed E-state index contributed by atoms with van der Waals surface area (Å²) in [7, 11) is 0. The normalized spacial score (nSPS) is 17.6. The number of hydrogen-bond donors (Lipinski definition) is 0.